The second-order valence-electron chi connectivity index (χ2n) is 6.10. The molecule has 7 nitrogen and oxygen atoms in total. The van der Waals surface area contributed by atoms with Gasteiger partial charge in [0.25, 0.3) is 5.91 Å². The molecule has 0 aromatic heterocycles. The summed E-state index contributed by atoms with van der Waals surface area (Å²) in [5.74, 6) is -0.578. The fourth-order valence-corrected chi connectivity index (χ4v) is 2.37. The number of carbonyl (C=O) groups excluding carboxylic acids is 1. The van der Waals surface area contributed by atoms with Crippen molar-refractivity contribution in [1.29, 1.82) is 0 Å². The third kappa shape index (κ3) is 5.18. The normalized spacial score (nSPS) is 11.5. The second-order valence-corrected chi connectivity index (χ2v) is 6.10. The van der Waals surface area contributed by atoms with E-state index in [1.807, 2.05) is 24.3 Å². The van der Waals surface area contributed by atoms with Crippen LogP contribution in [0, 0.1) is 10.1 Å². The highest BCUT2D eigenvalue weighted by atomic mass is 35.5. The van der Waals surface area contributed by atoms with Gasteiger partial charge in [-0.2, -0.15) is 0 Å². The van der Waals surface area contributed by atoms with Gasteiger partial charge in [-0.1, -0.05) is 38.1 Å². The largest absolute Gasteiger partial charge is 0.502 e. The molecule has 0 aliphatic carbocycles. The van der Waals surface area contributed by atoms with E-state index in [-0.39, 0.29) is 30.6 Å². The zero-order valence-electron chi connectivity index (χ0n) is 14.5. The lowest BCUT2D eigenvalue weighted by Crippen LogP contribution is -2.31. The number of nitrogens with two attached hydrogens (primary N) is 1. The minimum absolute atomic E-state index is 0. The Bertz CT molecular complexity index is 779. The van der Waals surface area contributed by atoms with Crippen molar-refractivity contribution in [2.45, 2.75) is 25.8 Å². The molecule has 0 aliphatic rings. The van der Waals surface area contributed by atoms with Crippen molar-refractivity contribution in [3.8, 4) is 5.75 Å². The van der Waals surface area contributed by atoms with Crippen molar-refractivity contribution in [2.75, 3.05) is 6.54 Å². The van der Waals surface area contributed by atoms with E-state index in [9.17, 15) is 20.0 Å². The van der Waals surface area contributed by atoms with Crippen molar-refractivity contribution in [2.24, 2.45) is 5.73 Å². The van der Waals surface area contributed by atoms with Crippen LogP contribution in [0.3, 0.4) is 0 Å². The Morgan fingerprint density at radius 1 is 1.19 bits per heavy atom. The first-order valence-corrected chi connectivity index (χ1v) is 7.90. The SMILES string of the molecule is CC(C)c1ccc(C(N)CNC(=O)c2ccc([N+](=O)[O-])c(O)c2)cc1.Cl. The van der Waals surface area contributed by atoms with E-state index >= 15 is 0 Å². The van der Waals surface area contributed by atoms with Crippen LogP contribution in [0.2, 0.25) is 0 Å². The van der Waals surface area contributed by atoms with Crippen LogP contribution >= 0.6 is 12.4 Å². The summed E-state index contributed by atoms with van der Waals surface area (Å²) in [5.41, 5.74) is 7.88. The van der Waals surface area contributed by atoms with Crippen molar-refractivity contribution in [3.05, 3.63) is 69.3 Å². The number of phenols is 1. The number of benzene rings is 2. The van der Waals surface area contributed by atoms with E-state index in [0.717, 1.165) is 17.7 Å². The summed E-state index contributed by atoms with van der Waals surface area (Å²) in [6.45, 7) is 4.42. The first kappa shape index (κ1) is 21.4. The summed E-state index contributed by atoms with van der Waals surface area (Å²) in [6, 6.07) is 11.0. The number of nitrogens with one attached hydrogen (secondary N) is 1. The molecule has 0 spiro atoms. The Morgan fingerprint density at radius 2 is 1.77 bits per heavy atom. The van der Waals surface area contributed by atoms with Crippen LogP contribution in [-0.2, 0) is 0 Å². The molecule has 8 heteroatoms. The van der Waals surface area contributed by atoms with E-state index in [1.54, 1.807) is 0 Å². The Kier molecular flexibility index (Phi) is 7.55. The molecular formula is C18H22ClN3O4. The van der Waals surface area contributed by atoms with Gasteiger partial charge in [0.15, 0.2) is 5.75 Å². The van der Waals surface area contributed by atoms with Gasteiger partial charge in [-0.3, -0.25) is 14.9 Å². The van der Waals surface area contributed by atoms with Crippen molar-refractivity contribution < 1.29 is 14.8 Å². The first-order chi connectivity index (χ1) is 11.8. The number of aromatic hydroxyl groups is 1. The second kappa shape index (κ2) is 9.17. The van der Waals surface area contributed by atoms with E-state index < -0.39 is 22.3 Å². The highest BCUT2D eigenvalue weighted by molar-refractivity contribution is 5.95. The van der Waals surface area contributed by atoms with Crippen LogP contribution in [0.4, 0.5) is 5.69 Å². The first-order valence-electron chi connectivity index (χ1n) is 7.90. The fraction of sp³-hybridized carbons (Fsp3) is 0.278. The molecule has 0 fully saturated rings. The monoisotopic (exact) mass is 379 g/mol. The van der Waals surface area contributed by atoms with Gasteiger partial charge in [0.2, 0.25) is 0 Å². The van der Waals surface area contributed by atoms with Crippen molar-refractivity contribution >= 4 is 24.0 Å². The summed E-state index contributed by atoms with van der Waals surface area (Å²) in [6.07, 6.45) is 0. The van der Waals surface area contributed by atoms with Crippen molar-refractivity contribution in [1.82, 2.24) is 5.32 Å². The summed E-state index contributed by atoms with van der Waals surface area (Å²) in [5, 5.41) is 22.9. The lowest BCUT2D eigenvalue weighted by atomic mass is 9.99. The Morgan fingerprint density at radius 3 is 2.27 bits per heavy atom. The molecule has 140 valence electrons. The molecular weight excluding hydrogens is 358 g/mol. The van der Waals surface area contributed by atoms with E-state index in [2.05, 4.69) is 19.2 Å². The molecule has 1 amide bonds. The highest BCUT2D eigenvalue weighted by Crippen LogP contribution is 2.26. The number of nitrogens with zero attached hydrogens (tertiary/aromatic N) is 1. The van der Waals surface area contributed by atoms with Gasteiger partial charge in [0, 0.05) is 24.2 Å². The summed E-state index contributed by atoms with van der Waals surface area (Å²) in [4.78, 5) is 22.1. The number of amides is 1. The van der Waals surface area contributed by atoms with Gasteiger partial charge in [-0.05, 0) is 29.2 Å². The maximum atomic E-state index is 12.1. The Hall–Kier alpha value is -2.64. The minimum atomic E-state index is -0.715. The van der Waals surface area contributed by atoms with E-state index in [4.69, 9.17) is 5.73 Å². The molecule has 0 bridgehead atoms. The minimum Gasteiger partial charge on any atom is -0.502 e. The maximum Gasteiger partial charge on any atom is 0.310 e. The van der Waals surface area contributed by atoms with Crippen LogP contribution in [0.25, 0.3) is 0 Å². The molecule has 1 atom stereocenters. The molecule has 2 rings (SSSR count). The van der Waals surface area contributed by atoms with Gasteiger partial charge in [0.05, 0.1) is 4.92 Å². The molecule has 2 aromatic carbocycles. The van der Waals surface area contributed by atoms with Gasteiger partial charge in [-0.25, -0.2) is 0 Å². The van der Waals surface area contributed by atoms with Gasteiger partial charge in [-0.15, -0.1) is 12.4 Å². The molecule has 0 heterocycles. The van der Waals surface area contributed by atoms with Crippen LogP contribution in [-0.4, -0.2) is 22.5 Å². The number of hydrogen-bond acceptors (Lipinski definition) is 5. The lowest BCUT2D eigenvalue weighted by Gasteiger charge is -2.14. The topological polar surface area (TPSA) is 118 Å². The van der Waals surface area contributed by atoms with Crippen molar-refractivity contribution in [3.63, 3.8) is 0 Å². The Labute approximate surface area is 157 Å². The average Bonchev–Trinajstić information content (AvgIpc) is 2.58. The van der Waals surface area contributed by atoms with E-state index in [0.29, 0.717) is 5.92 Å². The van der Waals surface area contributed by atoms with Gasteiger partial charge >= 0.3 is 5.69 Å². The van der Waals surface area contributed by atoms with Gasteiger partial charge in [0.1, 0.15) is 0 Å². The summed E-state index contributed by atoms with van der Waals surface area (Å²) < 4.78 is 0. The van der Waals surface area contributed by atoms with Crippen LogP contribution < -0.4 is 11.1 Å². The fourth-order valence-electron chi connectivity index (χ4n) is 2.37. The zero-order chi connectivity index (χ0) is 18.6. The van der Waals surface area contributed by atoms with Crippen LogP contribution in [0.5, 0.6) is 5.75 Å². The highest BCUT2D eigenvalue weighted by Gasteiger charge is 2.16. The number of phenolic OH excluding ortho intramolecular Hbond substituents is 1. The average molecular weight is 380 g/mol. The Balaban J connectivity index is 0.00000338. The number of hydrogen-bond donors (Lipinski definition) is 3. The molecule has 0 radical (unpaired) electrons. The summed E-state index contributed by atoms with van der Waals surface area (Å²) in [7, 11) is 0. The predicted molar refractivity (Wildman–Crippen MR) is 102 cm³/mol. The molecule has 4 N–H and O–H groups in total. The number of nitro benzene ring substituents is 1. The molecule has 1 unspecified atom stereocenters. The molecule has 0 aliphatic heterocycles. The van der Waals surface area contributed by atoms with Gasteiger partial charge < -0.3 is 16.2 Å². The molecule has 2 aromatic rings. The zero-order valence-corrected chi connectivity index (χ0v) is 15.3. The maximum absolute atomic E-state index is 12.1. The van der Waals surface area contributed by atoms with E-state index in [1.165, 1.54) is 11.6 Å². The number of halogens is 1. The quantitative estimate of drug-likeness (QED) is 0.525. The molecule has 0 saturated heterocycles. The number of rotatable bonds is 6. The molecule has 26 heavy (non-hydrogen) atoms. The van der Waals surface area contributed by atoms with Crippen LogP contribution in [0.1, 0.15) is 47.3 Å². The molecule has 0 saturated carbocycles. The smallest absolute Gasteiger partial charge is 0.310 e. The number of nitro groups is 1. The summed E-state index contributed by atoms with van der Waals surface area (Å²) >= 11 is 0. The third-order valence-electron chi connectivity index (χ3n) is 3.95. The standard InChI is InChI=1S/C18H21N3O4.ClH/c1-11(2)12-3-5-13(6-4-12)15(19)10-20-18(23)14-7-8-16(21(24)25)17(22)9-14;/h3-9,11,15,22H,10,19H2,1-2H3,(H,20,23);1H. The lowest BCUT2D eigenvalue weighted by molar-refractivity contribution is -0.385. The van der Waals surface area contributed by atoms with Crippen LogP contribution in [0.15, 0.2) is 42.5 Å². The third-order valence-corrected chi connectivity index (χ3v) is 3.95. The predicted octanol–water partition coefficient (Wildman–Crippen LogP) is 3.28. The number of carbonyl (C=O) groups is 1.